The smallest absolute Gasteiger partial charge is 0 e. The number of hydrogen-bond acceptors (Lipinski definition) is 3. The Morgan fingerprint density at radius 3 is 0.875 bits per heavy atom. The summed E-state index contributed by atoms with van der Waals surface area (Å²) in [7, 11) is 0. The molecule has 0 aliphatic rings. The van der Waals surface area contributed by atoms with E-state index in [9.17, 15) is 0 Å². The molecule has 1 aromatic rings. The molecule has 0 saturated carbocycles. The Labute approximate surface area is 174 Å². The van der Waals surface area contributed by atoms with Gasteiger partial charge in [-0.2, -0.15) is 0 Å². The fraction of sp³-hybridized carbons (Fsp3) is 0.737. The molecule has 0 aliphatic carbocycles. The summed E-state index contributed by atoms with van der Waals surface area (Å²) in [5, 5.41) is 25.6. The van der Waals surface area contributed by atoms with Crippen molar-refractivity contribution in [3.8, 4) is 0 Å². The van der Waals surface area contributed by atoms with Gasteiger partial charge in [-0.1, -0.05) is 0 Å². The molecule has 0 amide bonds. The first kappa shape index (κ1) is 32.3. The predicted octanol–water partition coefficient (Wildman–Crippen LogP) is 3.43. The summed E-state index contributed by atoms with van der Waals surface area (Å²) in [4.78, 5) is 0. The third kappa shape index (κ3) is 78.2. The molecule has 3 N–H and O–H groups in total. The summed E-state index contributed by atoms with van der Waals surface area (Å²) < 4.78 is 1.62. The molecular formula is C19H41GeO3Zr-. The molecule has 0 aliphatic heterocycles. The predicted molar refractivity (Wildman–Crippen MR) is 106 cm³/mol. The van der Waals surface area contributed by atoms with Gasteiger partial charge in [0.25, 0.3) is 0 Å². The standard InChI is InChI=1S/C7H11Ge.3C4H10O.Zr/c1-8(2)7-5-3-4-6-7;3*1-4(2,3)5;/h3-6,8H,1-2H3;3*5H,1-3H3;/q-1;;;;. The Morgan fingerprint density at radius 1 is 0.625 bits per heavy atom. The van der Waals surface area contributed by atoms with E-state index in [0.29, 0.717) is 0 Å². The van der Waals surface area contributed by atoms with Crippen LogP contribution in [0.5, 0.6) is 0 Å². The van der Waals surface area contributed by atoms with Crippen LogP contribution in [0.25, 0.3) is 0 Å². The van der Waals surface area contributed by atoms with E-state index >= 15 is 0 Å². The van der Waals surface area contributed by atoms with Gasteiger partial charge in [-0.05, 0) is 62.3 Å². The fourth-order valence-corrected chi connectivity index (χ4v) is 2.86. The van der Waals surface area contributed by atoms with Crippen LogP contribution in [0.3, 0.4) is 0 Å². The molecule has 0 fully saturated rings. The van der Waals surface area contributed by atoms with Crippen LogP contribution >= 0.6 is 0 Å². The quantitative estimate of drug-likeness (QED) is 0.426. The second-order valence-electron chi connectivity index (χ2n) is 8.89. The molecule has 0 saturated heterocycles. The van der Waals surface area contributed by atoms with Gasteiger partial charge in [0.2, 0.25) is 0 Å². The van der Waals surface area contributed by atoms with Crippen LogP contribution in [-0.4, -0.2) is 46.5 Å². The van der Waals surface area contributed by atoms with Crippen LogP contribution < -0.4 is 4.40 Å². The molecule has 3 nitrogen and oxygen atoms in total. The van der Waals surface area contributed by atoms with Crippen LogP contribution in [0.2, 0.25) is 11.5 Å². The van der Waals surface area contributed by atoms with Gasteiger partial charge < -0.3 is 15.3 Å². The van der Waals surface area contributed by atoms with Crippen molar-refractivity contribution in [3.05, 3.63) is 24.3 Å². The zero-order valence-electron chi connectivity index (χ0n) is 17.7. The van der Waals surface area contributed by atoms with E-state index in [1.165, 1.54) is 0 Å². The minimum atomic E-state index is -0.888. The van der Waals surface area contributed by atoms with Gasteiger partial charge in [0.15, 0.2) is 0 Å². The minimum Gasteiger partial charge on any atom is 0 e. The third-order valence-corrected chi connectivity index (χ3v) is 4.96. The summed E-state index contributed by atoms with van der Waals surface area (Å²) >= 11 is -0.888. The SMILES string of the molecule is CC(C)(C)O.CC(C)(C)O.CC(C)(C)O.[CH3][GeH]([CH3])[c-]1cccc1.[Zr]. The Kier molecular flexibility index (Phi) is 19.9. The van der Waals surface area contributed by atoms with Gasteiger partial charge in [0, 0.05) is 26.2 Å². The van der Waals surface area contributed by atoms with Crippen molar-refractivity contribution in [2.45, 2.75) is 90.6 Å². The summed E-state index contributed by atoms with van der Waals surface area (Å²) in [6.07, 6.45) is 0. The molecule has 1 rings (SSSR count). The van der Waals surface area contributed by atoms with Gasteiger partial charge in [0.05, 0.1) is 16.8 Å². The van der Waals surface area contributed by atoms with Crippen molar-refractivity contribution >= 4 is 18.7 Å². The van der Waals surface area contributed by atoms with Crippen molar-refractivity contribution in [2.75, 3.05) is 0 Å². The van der Waals surface area contributed by atoms with Crippen molar-refractivity contribution in [1.29, 1.82) is 0 Å². The van der Waals surface area contributed by atoms with E-state index < -0.39 is 31.2 Å². The van der Waals surface area contributed by atoms with E-state index in [2.05, 4.69) is 35.8 Å². The summed E-state index contributed by atoms with van der Waals surface area (Å²) in [5.41, 5.74) is -1.50. The molecule has 0 bridgehead atoms. The first-order valence-electron chi connectivity index (χ1n) is 8.19. The molecule has 0 radical (unpaired) electrons. The minimum absolute atomic E-state index is 0. The molecular weight excluding hydrogens is 440 g/mol. The summed E-state index contributed by atoms with van der Waals surface area (Å²) in [6, 6.07) is 8.73. The normalized spacial score (nSPS) is 11.0. The maximum atomic E-state index is 8.52. The van der Waals surface area contributed by atoms with Crippen LogP contribution in [0.15, 0.2) is 24.3 Å². The van der Waals surface area contributed by atoms with Crippen LogP contribution in [0.4, 0.5) is 0 Å². The largest absolute Gasteiger partial charge is 0 e. The van der Waals surface area contributed by atoms with Crippen molar-refractivity contribution in [3.63, 3.8) is 0 Å². The third-order valence-electron chi connectivity index (χ3n) is 1.36. The molecule has 0 atom stereocenters. The van der Waals surface area contributed by atoms with Gasteiger partial charge >= 0.3 is 54.5 Å². The van der Waals surface area contributed by atoms with E-state index in [1.54, 1.807) is 66.7 Å². The van der Waals surface area contributed by atoms with E-state index in [0.717, 1.165) is 0 Å². The Morgan fingerprint density at radius 2 is 0.792 bits per heavy atom. The number of rotatable bonds is 1. The van der Waals surface area contributed by atoms with E-state index in [-0.39, 0.29) is 26.2 Å². The average molecular weight is 481 g/mol. The Balaban J connectivity index is -0.000000113. The van der Waals surface area contributed by atoms with Crippen LogP contribution in [-0.2, 0) is 26.2 Å². The molecule has 0 spiro atoms. The molecule has 144 valence electrons. The molecule has 24 heavy (non-hydrogen) atoms. The van der Waals surface area contributed by atoms with Crippen molar-refractivity contribution in [2.24, 2.45) is 0 Å². The van der Waals surface area contributed by atoms with Gasteiger partial charge in [-0.25, -0.2) is 0 Å². The second-order valence-corrected chi connectivity index (χ2v) is 15.1. The zero-order valence-corrected chi connectivity index (χ0v) is 22.6. The van der Waals surface area contributed by atoms with Gasteiger partial charge in [0.1, 0.15) is 0 Å². The van der Waals surface area contributed by atoms with Crippen LogP contribution in [0.1, 0.15) is 62.3 Å². The topological polar surface area (TPSA) is 60.7 Å². The molecule has 1 aromatic carbocycles. The van der Waals surface area contributed by atoms with E-state index in [1.807, 2.05) is 0 Å². The number of hydrogen-bond donors (Lipinski definition) is 3. The Bertz CT molecular complexity index is 309. The monoisotopic (exact) mass is 481 g/mol. The average Bonchev–Trinajstić information content (AvgIpc) is 2.59. The first-order valence-corrected chi connectivity index (χ1v) is 14.2. The number of aliphatic hydroxyl groups is 3. The molecule has 0 aromatic heterocycles. The second kappa shape index (κ2) is 14.8. The molecule has 0 unspecified atom stereocenters. The summed E-state index contributed by atoms with van der Waals surface area (Å²) in [5.74, 6) is 4.78. The maximum absolute atomic E-state index is 8.52. The van der Waals surface area contributed by atoms with Crippen molar-refractivity contribution < 1.29 is 41.5 Å². The fourth-order valence-electron chi connectivity index (χ4n) is 0.774. The zero-order chi connectivity index (χ0) is 19.5. The molecule has 5 heteroatoms. The molecule has 0 heterocycles. The van der Waals surface area contributed by atoms with Crippen molar-refractivity contribution in [1.82, 2.24) is 0 Å². The summed E-state index contributed by atoms with van der Waals surface area (Å²) in [6.45, 7) is 15.7. The maximum Gasteiger partial charge on any atom is 0 e. The first-order chi connectivity index (χ1) is 9.80. The van der Waals surface area contributed by atoms with Crippen LogP contribution in [0, 0.1) is 0 Å². The van der Waals surface area contributed by atoms with Gasteiger partial charge in [-0.3, -0.25) is 0 Å². The van der Waals surface area contributed by atoms with E-state index in [4.69, 9.17) is 15.3 Å². The Hall–Kier alpha value is 0.656. The van der Waals surface area contributed by atoms with Gasteiger partial charge in [-0.15, -0.1) is 0 Å².